The van der Waals surface area contributed by atoms with E-state index >= 15 is 0 Å². The molecule has 1 fully saturated rings. The van der Waals surface area contributed by atoms with Crippen molar-refractivity contribution in [3.8, 4) is 0 Å². The molecule has 0 radical (unpaired) electrons. The van der Waals surface area contributed by atoms with E-state index in [4.69, 9.17) is 11.6 Å². The quantitative estimate of drug-likeness (QED) is 0.800. The van der Waals surface area contributed by atoms with Crippen LogP contribution >= 0.6 is 23.4 Å². The predicted molar refractivity (Wildman–Crippen MR) is 87.2 cm³/mol. The molecule has 0 spiro atoms. The SMILES string of the molecule is CCCC(NCC1CCSCC1)c1ccc(Cl)cc1. The van der Waals surface area contributed by atoms with Crippen LogP contribution in [0.4, 0.5) is 0 Å². The number of rotatable bonds is 6. The Bertz CT molecular complexity index is 360. The third-order valence-electron chi connectivity index (χ3n) is 3.84. The summed E-state index contributed by atoms with van der Waals surface area (Å²) in [6.07, 6.45) is 5.15. The molecule has 2 rings (SSSR count). The number of thioether (sulfide) groups is 1. The summed E-state index contributed by atoms with van der Waals surface area (Å²) in [7, 11) is 0. The summed E-state index contributed by atoms with van der Waals surface area (Å²) >= 11 is 8.07. The number of nitrogens with one attached hydrogen (secondary N) is 1. The molecule has 3 heteroatoms. The normalized spacial score (nSPS) is 18.4. The van der Waals surface area contributed by atoms with E-state index in [2.05, 4.69) is 36.1 Å². The molecule has 1 atom stereocenters. The van der Waals surface area contributed by atoms with Gasteiger partial charge in [0.1, 0.15) is 0 Å². The second kappa shape index (κ2) is 8.18. The molecular weight excluding hydrogens is 274 g/mol. The Morgan fingerprint density at radius 1 is 1.26 bits per heavy atom. The summed E-state index contributed by atoms with van der Waals surface area (Å²) in [6, 6.07) is 8.80. The molecule has 1 aliphatic rings. The highest BCUT2D eigenvalue weighted by Gasteiger charge is 2.16. The van der Waals surface area contributed by atoms with Crippen LogP contribution in [0.5, 0.6) is 0 Å². The zero-order chi connectivity index (χ0) is 13.5. The summed E-state index contributed by atoms with van der Waals surface area (Å²) in [5, 5.41) is 4.60. The van der Waals surface area contributed by atoms with Crippen molar-refractivity contribution in [3.05, 3.63) is 34.9 Å². The number of halogens is 1. The third kappa shape index (κ3) is 5.02. The lowest BCUT2D eigenvalue weighted by molar-refractivity contribution is 0.397. The topological polar surface area (TPSA) is 12.0 Å². The zero-order valence-electron chi connectivity index (χ0n) is 11.7. The first-order valence-electron chi connectivity index (χ1n) is 7.36. The number of hydrogen-bond acceptors (Lipinski definition) is 2. The highest BCUT2D eigenvalue weighted by atomic mass is 35.5. The van der Waals surface area contributed by atoms with Gasteiger partial charge in [0.05, 0.1) is 0 Å². The Kier molecular flexibility index (Phi) is 6.55. The lowest BCUT2D eigenvalue weighted by Gasteiger charge is -2.25. The smallest absolute Gasteiger partial charge is 0.0406 e. The molecule has 0 amide bonds. The number of benzene rings is 1. The first-order valence-corrected chi connectivity index (χ1v) is 8.89. The van der Waals surface area contributed by atoms with Crippen LogP contribution in [0.2, 0.25) is 5.02 Å². The molecule has 1 heterocycles. The molecule has 1 nitrogen and oxygen atoms in total. The second-order valence-corrected chi connectivity index (χ2v) is 7.02. The van der Waals surface area contributed by atoms with Crippen molar-refractivity contribution in [1.82, 2.24) is 5.32 Å². The van der Waals surface area contributed by atoms with Crippen LogP contribution in [0.25, 0.3) is 0 Å². The van der Waals surface area contributed by atoms with Crippen LogP contribution in [-0.4, -0.2) is 18.1 Å². The average Bonchev–Trinajstić information content (AvgIpc) is 2.46. The van der Waals surface area contributed by atoms with Crippen LogP contribution in [0.15, 0.2) is 24.3 Å². The summed E-state index contributed by atoms with van der Waals surface area (Å²) < 4.78 is 0. The van der Waals surface area contributed by atoms with Crippen LogP contribution in [0, 0.1) is 5.92 Å². The van der Waals surface area contributed by atoms with Crippen LogP contribution < -0.4 is 5.32 Å². The molecule has 1 aromatic carbocycles. The molecule has 1 aliphatic heterocycles. The monoisotopic (exact) mass is 297 g/mol. The van der Waals surface area contributed by atoms with Gasteiger partial charge in [0.15, 0.2) is 0 Å². The Morgan fingerprint density at radius 2 is 1.95 bits per heavy atom. The van der Waals surface area contributed by atoms with E-state index in [1.54, 1.807) is 0 Å². The second-order valence-electron chi connectivity index (χ2n) is 5.36. The molecule has 0 aromatic heterocycles. The van der Waals surface area contributed by atoms with Gasteiger partial charge in [0, 0.05) is 11.1 Å². The molecule has 1 aromatic rings. The fraction of sp³-hybridized carbons (Fsp3) is 0.625. The van der Waals surface area contributed by atoms with Crippen molar-refractivity contribution in [2.45, 2.75) is 38.6 Å². The standard InChI is InChI=1S/C16H24ClNS/c1-2-3-16(14-4-6-15(17)7-5-14)18-12-13-8-10-19-11-9-13/h4-7,13,16,18H,2-3,8-12H2,1H3. The van der Waals surface area contributed by atoms with Gasteiger partial charge in [-0.3, -0.25) is 0 Å². The summed E-state index contributed by atoms with van der Waals surface area (Å²) in [5.41, 5.74) is 1.37. The maximum absolute atomic E-state index is 5.97. The molecule has 0 aliphatic carbocycles. The molecule has 1 unspecified atom stereocenters. The lowest BCUT2D eigenvalue weighted by Crippen LogP contribution is -2.29. The highest BCUT2D eigenvalue weighted by molar-refractivity contribution is 7.99. The van der Waals surface area contributed by atoms with E-state index in [-0.39, 0.29) is 0 Å². The molecule has 0 bridgehead atoms. The van der Waals surface area contributed by atoms with E-state index in [1.165, 1.54) is 42.8 Å². The lowest BCUT2D eigenvalue weighted by atomic mass is 9.99. The maximum Gasteiger partial charge on any atom is 0.0406 e. The van der Waals surface area contributed by atoms with Crippen LogP contribution in [-0.2, 0) is 0 Å². The molecule has 0 saturated carbocycles. The first-order chi connectivity index (χ1) is 9.29. The fourth-order valence-corrected chi connectivity index (χ4v) is 3.96. The van der Waals surface area contributed by atoms with Gasteiger partial charge in [-0.25, -0.2) is 0 Å². The average molecular weight is 298 g/mol. The molecule has 106 valence electrons. The Morgan fingerprint density at radius 3 is 2.58 bits per heavy atom. The largest absolute Gasteiger partial charge is 0.310 e. The van der Waals surface area contributed by atoms with Gasteiger partial charge in [-0.15, -0.1) is 0 Å². The minimum absolute atomic E-state index is 0.483. The Hall–Kier alpha value is -0.180. The van der Waals surface area contributed by atoms with Crippen LogP contribution in [0.3, 0.4) is 0 Å². The third-order valence-corrected chi connectivity index (χ3v) is 5.14. The van der Waals surface area contributed by atoms with Crippen molar-refractivity contribution in [2.75, 3.05) is 18.1 Å². The van der Waals surface area contributed by atoms with Gasteiger partial charge in [-0.05, 0) is 60.9 Å². The van der Waals surface area contributed by atoms with Gasteiger partial charge in [0.25, 0.3) is 0 Å². The molecular formula is C16H24ClNS. The van der Waals surface area contributed by atoms with Gasteiger partial charge in [-0.1, -0.05) is 37.1 Å². The Labute approximate surface area is 126 Å². The van der Waals surface area contributed by atoms with Gasteiger partial charge in [0.2, 0.25) is 0 Å². The van der Waals surface area contributed by atoms with Gasteiger partial charge >= 0.3 is 0 Å². The molecule has 1 saturated heterocycles. The summed E-state index contributed by atoms with van der Waals surface area (Å²) in [4.78, 5) is 0. The van der Waals surface area contributed by atoms with E-state index in [0.717, 1.165) is 17.5 Å². The zero-order valence-corrected chi connectivity index (χ0v) is 13.3. The van der Waals surface area contributed by atoms with Gasteiger partial charge in [-0.2, -0.15) is 11.8 Å². The summed E-state index contributed by atoms with van der Waals surface area (Å²) in [5.74, 6) is 3.55. The van der Waals surface area contributed by atoms with Crippen molar-refractivity contribution >= 4 is 23.4 Å². The van der Waals surface area contributed by atoms with Crippen molar-refractivity contribution in [2.24, 2.45) is 5.92 Å². The minimum atomic E-state index is 0.483. The predicted octanol–water partition coefficient (Wildman–Crippen LogP) is 4.91. The van der Waals surface area contributed by atoms with E-state index in [1.807, 2.05) is 12.1 Å². The van der Waals surface area contributed by atoms with E-state index in [9.17, 15) is 0 Å². The van der Waals surface area contributed by atoms with Crippen molar-refractivity contribution in [3.63, 3.8) is 0 Å². The number of hydrogen-bond donors (Lipinski definition) is 1. The van der Waals surface area contributed by atoms with Crippen molar-refractivity contribution in [1.29, 1.82) is 0 Å². The molecule has 1 N–H and O–H groups in total. The Balaban J connectivity index is 1.89. The van der Waals surface area contributed by atoms with E-state index in [0.29, 0.717) is 6.04 Å². The van der Waals surface area contributed by atoms with E-state index < -0.39 is 0 Å². The summed E-state index contributed by atoms with van der Waals surface area (Å²) in [6.45, 7) is 3.41. The van der Waals surface area contributed by atoms with Gasteiger partial charge < -0.3 is 5.32 Å². The first kappa shape index (κ1) is 15.2. The fourth-order valence-electron chi connectivity index (χ4n) is 2.63. The highest BCUT2D eigenvalue weighted by Crippen LogP contribution is 2.25. The van der Waals surface area contributed by atoms with Crippen molar-refractivity contribution < 1.29 is 0 Å². The maximum atomic E-state index is 5.97. The van der Waals surface area contributed by atoms with Crippen LogP contribution in [0.1, 0.15) is 44.2 Å². The minimum Gasteiger partial charge on any atom is -0.310 e. The molecule has 19 heavy (non-hydrogen) atoms.